The van der Waals surface area contributed by atoms with Crippen molar-refractivity contribution in [1.29, 1.82) is 0 Å². The van der Waals surface area contributed by atoms with Crippen molar-refractivity contribution in [2.75, 3.05) is 12.4 Å². The number of rotatable bonds is 7. The molecule has 0 fully saturated rings. The SMILES string of the molecule is COc1cc(CNc2ccc(Cl)c(Cl)c2)c(Br)cc1OCc1ccccc1. The minimum absolute atomic E-state index is 0.477. The summed E-state index contributed by atoms with van der Waals surface area (Å²) in [5, 5.41) is 4.38. The Balaban J connectivity index is 1.72. The summed E-state index contributed by atoms with van der Waals surface area (Å²) in [5.41, 5.74) is 3.02. The molecule has 0 aliphatic rings. The third-order valence-electron chi connectivity index (χ3n) is 3.97. The summed E-state index contributed by atoms with van der Waals surface area (Å²) in [6.07, 6.45) is 0. The second-order valence-corrected chi connectivity index (χ2v) is 7.52. The van der Waals surface area contributed by atoms with E-state index < -0.39 is 0 Å². The lowest BCUT2D eigenvalue weighted by molar-refractivity contribution is 0.284. The first kappa shape index (κ1) is 19.9. The third-order valence-corrected chi connectivity index (χ3v) is 5.45. The Morgan fingerprint density at radius 3 is 2.41 bits per heavy atom. The average Bonchev–Trinajstić information content (AvgIpc) is 2.69. The van der Waals surface area contributed by atoms with E-state index in [2.05, 4.69) is 21.2 Å². The van der Waals surface area contributed by atoms with E-state index >= 15 is 0 Å². The molecule has 3 aromatic rings. The zero-order valence-electron chi connectivity index (χ0n) is 14.6. The Labute approximate surface area is 177 Å². The molecule has 0 aliphatic heterocycles. The fourth-order valence-electron chi connectivity index (χ4n) is 2.52. The van der Waals surface area contributed by atoms with Crippen LogP contribution in [0.4, 0.5) is 5.69 Å². The van der Waals surface area contributed by atoms with E-state index in [0.717, 1.165) is 21.3 Å². The second-order valence-electron chi connectivity index (χ2n) is 5.85. The van der Waals surface area contributed by atoms with Crippen molar-refractivity contribution >= 4 is 44.8 Å². The van der Waals surface area contributed by atoms with Gasteiger partial charge in [0.1, 0.15) is 6.61 Å². The molecule has 0 aromatic heterocycles. The molecule has 3 rings (SSSR count). The molecule has 0 bridgehead atoms. The quantitative estimate of drug-likeness (QED) is 0.408. The molecule has 0 heterocycles. The van der Waals surface area contributed by atoms with Crippen molar-refractivity contribution in [3.05, 3.63) is 86.3 Å². The van der Waals surface area contributed by atoms with Crippen LogP contribution in [0.25, 0.3) is 0 Å². The van der Waals surface area contributed by atoms with Gasteiger partial charge in [-0.3, -0.25) is 0 Å². The highest BCUT2D eigenvalue weighted by molar-refractivity contribution is 9.10. The van der Waals surface area contributed by atoms with Gasteiger partial charge in [0.25, 0.3) is 0 Å². The van der Waals surface area contributed by atoms with E-state index in [1.807, 2.05) is 48.5 Å². The van der Waals surface area contributed by atoms with Crippen molar-refractivity contribution in [1.82, 2.24) is 0 Å². The van der Waals surface area contributed by atoms with Gasteiger partial charge in [0.15, 0.2) is 11.5 Å². The van der Waals surface area contributed by atoms with Crippen LogP contribution < -0.4 is 14.8 Å². The molecular weight excluding hydrogens is 449 g/mol. The molecule has 3 aromatic carbocycles. The van der Waals surface area contributed by atoms with Gasteiger partial charge in [0, 0.05) is 16.7 Å². The largest absolute Gasteiger partial charge is 0.493 e. The van der Waals surface area contributed by atoms with Gasteiger partial charge in [-0.2, -0.15) is 0 Å². The van der Waals surface area contributed by atoms with Crippen molar-refractivity contribution in [3.63, 3.8) is 0 Å². The van der Waals surface area contributed by atoms with Crippen LogP contribution in [-0.4, -0.2) is 7.11 Å². The third kappa shape index (κ3) is 5.32. The number of methoxy groups -OCH3 is 1. The molecule has 0 unspecified atom stereocenters. The zero-order chi connectivity index (χ0) is 19.2. The molecule has 0 saturated heterocycles. The van der Waals surface area contributed by atoms with Gasteiger partial charge in [0.05, 0.1) is 17.2 Å². The van der Waals surface area contributed by atoms with Gasteiger partial charge in [-0.25, -0.2) is 0 Å². The van der Waals surface area contributed by atoms with E-state index in [4.69, 9.17) is 32.7 Å². The van der Waals surface area contributed by atoms with Gasteiger partial charge in [-0.1, -0.05) is 69.5 Å². The van der Waals surface area contributed by atoms with E-state index in [9.17, 15) is 0 Å². The Morgan fingerprint density at radius 1 is 0.926 bits per heavy atom. The number of hydrogen-bond donors (Lipinski definition) is 1. The predicted molar refractivity (Wildman–Crippen MR) is 115 cm³/mol. The highest BCUT2D eigenvalue weighted by Gasteiger charge is 2.11. The average molecular weight is 467 g/mol. The van der Waals surface area contributed by atoms with Crippen molar-refractivity contribution in [3.8, 4) is 11.5 Å². The van der Waals surface area contributed by atoms with Crippen molar-refractivity contribution in [2.45, 2.75) is 13.2 Å². The fraction of sp³-hybridized carbons (Fsp3) is 0.143. The lowest BCUT2D eigenvalue weighted by Crippen LogP contribution is -2.03. The molecule has 27 heavy (non-hydrogen) atoms. The Bertz CT molecular complexity index is 920. The van der Waals surface area contributed by atoms with Gasteiger partial charge < -0.3 is 14.8 Å². The molecular formula is C21H18BrCl2NO2. The monoisotopic (exact) mass is 465 g/mol. The molecule has 0 radical (unpaired) electrons. The van der Waals surface area contributed by atoms with Gasteiger partial charge in [-0.15, -0.1) is 0 Å². The second kappa shape index (κ2) is 9.36. The van der Waals surface area contributed by atoms with Crippen molar-refractivity contribution in [2.24, 2.45) is 0 Å². The normalized spacial score (nSPS) is 10.5. The van der Waals surface area contributed by atoms with Crippen LogP contribution in [0.15, 0.2) is 65.1 Å². The Kier molecular flexibility index (Phi) is 6.89. The number of ether oxygens (including phenoxy) is 2. The number of hydrogen-bond acceptors (Lipinski definition) is 3. The number of nitrogens with one attached hydrogen (secondary N) is 1. The maximum absolute atomic E-state index is 6.06. The lowest BCUT2D eigenvalue weighted by atomic mass is 10.2. The highest BCUT2D eigenvalue weighted by atomic mass is 79.9. The molecule has 0 aliphatic carbocycles. The molecule has 0 spiro atoms. The summed E-state index contributed by atoms with van der Waals surface area (Å²) in [6, 6.07) is 19.3. The number of benzene rings is 3. The maximum atomic E-state index is 6.06. The van der Waals surface area contributed by atoms with Crippen LogP contribution in [0.1, 0.15) is 11.1 Å². The smallest absolute Gasteiger partial charge is 0.162 e. The number of halogens is 3. The fourth-order valence-corrected chi connectivity index (χ4v) is 3.28. The van der Waals surface area contributed by atoms with Gasteiger partial charge >= 0.3 is 0 Å². The molecule has 1 N–H and O–H groups in total. The summed E-state index contributed by atoms with van der Waals surface area (Å²) in [6.45, 7) is 1.07. The minimum Gasteiger partial charge on any atom is -0.493 e. The summed E-state index contributed by atoms with van der Waals surface area (Å²) in [5.74, 6) is 1.37. The van der Waals surface area contributed by atoms with E-state index in [1.165, 1.54) is 0 Å². The van der Waals surface area contributed by atoms with E-state index in [-0.39, 0.29) is 0 Å². The summed E-state index contributed by atoms with van der Waals surface area (Å²) < 4.78 is 12.4. The van der Waals surface area contributed by atoms with Crippen LogP contribution in [-0.2, 0) is 13.2 Å². The van der Waals surface area contributed by atoms with E-state index in [1.54, 1.807) is 19.2 Å². The van der Waals surface area contributed by atoms with Crippen LogP contribution in [0.2, 0.25) is 10.0 Å². The van der Waals surface area contributed by atoms with Gasteiger partial charge in [0.2, 0.25) is 0 Å². The molecule has 6 heteroatoms. The summed E-state index contributed by atoms with van der Waals surface area (Å²) in [7, 11) is 1.63. The van der Waals surface area contributed by atoms with Crippen molar-refractivity contribution < 1.29 is 9.47 Å². The zero-order valence-corrected chi connectivity index (χ0v) is 17.7. The standard InChI is InChI=1S/C21H18BrCl2NO2/c1-26-20-9-15(12-25-16-7-8-18(23)19(24)10-16)17(22)11-21(20)27-13-14-5-3-2-4-6-14/h2-11,25H,12-13H2,1H3. The van der Waals surface area contributed by atoms with Crippen LogP contribution in [0.3, 0.4) is 0 Å². The molecule has 0 saturated carbocycles. The topological polar surface area (TPSA) is 30.5 Å². The maximum Gasteiger partial charge on any atom is 0.162 e. The van der Waals surface area contributed by atoms with E-state index in [0.29, 0.717) is 34.7 Å². The lowest BCUT2D eigenvalue weighted by Gasteiger charge is -2.15. The first-order chi connectivity index (χ1) is 13.1. The Morgan fingerprint density at radius 2 is 1.70 bits per heavy atom. The minimum atomic E-state index is 0.477. The molecule has 0 atom stereocenters. The number of anilines is 1. The highest BCUT2D eigenvalue weighted by Crippen LogP contribution is 2.34. The van der Waals surface area contributed by atoms with Crippen LogP contribution in [0.5, 0.6) is 11.5 Å². The first-order valence-corrected chi connectivity index (χ1v) is 9.84. The van der Waals surface area contributed by atoms with Gasteiger partial charge in [-0.05, 0) is 41.5 Å². The predicted octanol–water partition coefficient (Wildman–Crippen LogP) is 6.96. The molecule has 140 valence electrons. The Hall–Kier alpha value is -1.88. The molecule has 0 amide bonds. The summed E-state index contributed by atoms with van der Waals surface area (Å²) in [4.78, 5) is 0. The van der Waals surface area contributed by atoms with Crippen LogP contribution >= 0.6 is 39.1 Å². The molecule has 3 nitrogen and oxygen atoms in total. The van der Waals surface area contributed by atoms with Crippen LogP contribution in [0, 0.1) is 0 Å². The summed E-state index contributed by atoms with van der Waals surface area (Å²) >= 11 is 15.6. The first-order valence-electron chi connectivity index (χ1n) is 8.29.